The van der Waals surface area contributed by atoms with Gasteiger partial charge in [0, 0.05) is 0 Å². The summed E-state index contributed by atoms with van der Waals surface area (Å²) in [6.07, 6.45) is 5.82. The van der Waals surface area contributed by atoms with E-state index in [0.717, 1.165) is 11.8 Å². The molecule has 76 valence electrons. The van der Waals surface area contributed by atoms with Gasteiger partial charge in [0.1, 0.15) is 0 Å². The van der Waals surface area contributed by atoms with Crippen LogP contribution in [0.1, 0.15) is 67.2 Å². The molecule has 1 aliphatic carbocycles. The van der Waals surface area contributed by atoms with Gasteiger partial charge in [0.25, 0.3) is 0 Å². The molecule has 0 N–H and O–H groups in total. The molecule has 1 unspecified atom stereocenters. The highest BCUT2D eigenvalue weighted by atomic mass is 14.1. The molecule has 1 rings (SSSR count). The Bertz CT molecular complexity index is 59.7. The van der Waals surface area contributed by atoms with Crippen molar-refractivity contribution in [3.63, 3.8) is 0 Å². The third kappa shape index (κ3) is 16.5. The average molecular weight is 172 g/mol. The lowest BCUT2D eigenvalue weighted by Gasteiger charge is -2.10. The predicted octanol–water partition coefficient (Wildman–Crippen LogP) is 4.89. The van der Waals surface area contributed by atoms with Crippen LogP contribution in [0.4, 0.5) is 0 Å². The molecular weight excluding hydrogens is 144 g/mol. The van der Waals surface area contributed by atoms with Gasteiger partial charge < -0.3 is 0 Å². The molecule has 0 aromatic rings. The molecule has 1 aliphatic rings. The molecule has 0 spiro atoms. The molecule has 0 saturated heterocycles. The number of rotatable bonds is 2. The smallest absolute Gasteiger partial charge is 0.0422 e. The highest BCUT2D eigenvalue weighted by Crippen LogP contribution is 2.14. The largest absolute Gasteiger partial charge is 0.0683 e. The Balaban J connectivity index is 0. The van der Waals surface area contributed by atoms with Crippen LogP contribution in [0, 0.1) is 11.8 Å². The van der Waals surface area contributed by atoms with E-state index in [4.69, 9.17) is 0 Å². The molecule has 12 heavy (non-hydrogen) atoms. The van der Waals surface area contributed by atoms with Crippen molar-refractivity contribution in [3.8, 4) is 0 Å². The van der Waals surface area contributed by atoms with Gasteiger partial charge in [-0.3, -0.25) is 0 Å². The molecule has 0 heterocycles. The van der Waals surface area contributed by atoms with Gasteiger partial charge in [-0.05, 0) is 11.8 Å². The van der Waals surface area contributed by atoms with Crippen molar-refractivity contribution in [3.05, 3.63) is 0 Å². The van der Waals surface area contributed by atoms with Crippen molar-refractivity contribution >= 4 is 0 Å². The van der Waals surface area contributed by atoms with Crippen molar-refractivity contribution < 1.29 is 0 Å². The summed E-state index contributed by atoms with van der Waals surface area (Å²) in [5, 5.41) is 0. The molecule has 0 aromatic carbocycles. The molecule has 0 bridgehead atoms. The van der Waals surface area contributed by atoms with E-state index in [0.29, 0.717) is 0 Å². The highest BCUT2D eigenvalue weighted by Gasteiger charge is 2.01. The van der Waals surface area contributed by atoms with E-state index in [1.807, 2.05) is 13.8 Å². The molecule has 0 nitrogen and oxygen atoms in total. The van der Waals surface area contributed by atoms with Crippen LogP contribution < -0.4 is 0 Å². The van der Waals surface area contributed by atoms with Gasteiger partial charge in [0.2, 0.25) is 0 Å². The van der Waals surface area contributed by atoms with Gasteiger partial charge in [-0.15, -0.1) is 0 Å². The predicted molar refractivity (Wildman–Crippen MR) is 59.5 cm³/mol. The van der Waals surface area contributed by atoms with Gasteiger partial charge in [-0.2, -0.15) is 0 Å². The third-order valence-corrected chi connectivity index (χ3v) is 2.14. The maximum absolute atomic E-state index is 2.30. The Morgan fingerprint density at radius 3 is 1.25 bits per heavy atom. The van der Waals surface area contributed by atoms with E-state index in [1.54, 1.807) is 0 Å². The molecule has 1 fully saturated rings. The molecule has 0 aliphatic heterocycles. The molecule has 0 amide bonds. The van der Waals surface area contributed by atoms with E-state index in [1.165, 1.54) is 25.7 Å². The second-order valence-corrected chi connectivity index (χ2v) is 3.69. The normalized spacial score (nSPS) is 15.2. The summed E-state index contributed by atoms with van der Waals surface area (Å²) in [4.78, 5) is 0. The highest BCUT2D eigenvalue weighted by molar-refractivity contribution is 4.52. The fourth-order valence-corrected chi connectivity index (χ4v) is 0.471. The Labute approximate surface area is 79.8 Å². The summed E-state index contributed by atoms with van der Waals surface area (Å²) in [6, 6.07) is 0. The average Bonchev–Trinajstić information content (AvgIpc) is 2.92. The zero-order valence-electron chi connectivity index (χ0n) is 9.98. The van der Waals surface area contributed by atoms with Crippen LogP contribution in [0.5, 0.6) is 0 Å². The van der Waals surface area contributed by atoms with E-state index in [9.17, 15) is 0 Å². The van der Waals surface area contributed by atoms with E-state index in [2.05, 4.69) is 27.7 Å². The van der Waals surface area contributed by atoms with Crippen LogP contribution in [0.3, 0.4) is 0 Å². The van der Waals surface area contributed by atoms with Gasteiger partial charge >= 0.3 is 0 Å². The number of hydrogen-bond acceptors (Lipinski definition) is 0. The second kappa shape index (κ2) is 11.0. The SMILES string of the molecule is C1CC1.CC.CCC(C)C(C)C. The van der Waals surface area contributed by atoms with Crippen LogP contribution in [0.15, 0.2) is 0 Å². The van der Waals surface area contributed by atoms with Gasteiger partial charge in [-0.1, -0.05) is 67.2 Å². The molecule has 0 aromatic heterocycles. The molecule has 0 radical (unpaired) electrons. The van der Waals surface area contributed by atoms with Crippen LogP contribution in [-0.2, 0) is 0 Å². The minimum Gasteiger partial charge on any atom is -0.0683 e. The van der Waals surface area contributed by atoms with Crippen LogP contribution in [0.25, 0.3) is 0 Å². The first-order valence-electron chi connectivity index (χ1n) is 5.68. The van der Waals surface area contributed by atoms with Crippen molar-refractivity contribution in [2.75, 3.05) is 0 Å². The third-order valence-electron chi connectivity index (χ3n) is 2.14. The quantitative estimate of drug-likeness (QED) is 0.556. The fraction of sp³-hybridized carbons (Fsp3) is 1.00. The van der Waals surface area contributed by atoms with Crippen molar-refractivity contribution in [1.29, 1.82) is 0 Å². The first-order chi connectivity index (χ1) is 5.68. The summed E-state index contributed by atoms with van der Waals surface area (Å²) in [7, 11) is 0. The fourth-order valence-electron chi connectivity index (χ4n) is 0.471. The zero-order valence-corrected chi connectivity index (χ0v) is 9.98. The van der Waals surface area contributed by atoms with Crippen LogP contribution in [-0.4, -0.2) is 0 Å². The molecule has 0 heteroatoms. The summed E-state index contributed by atoms with van der Waals surface area (Å²) >= 11 is 0. The van der Waals surface area contributed by atoms with Crippen molar-refractivity contribution in [2.45, 2.75) is 67.2 Å². The van der Waals surface area contributed by atoms with E-state index in [-0.39, 0.29) is 0 Å². The standard InChI is InChI=1S/C7H16.C3H6.C2H6/c1-5-7(4)6(2)3;1-2-3-1;1-2/h6-7H,5H2,1-4H3;1-3H2;1-2H3. The maximum Gasteiger partial charge on any atom is -0.0422 e. The first kappa shape index (κ1) is 14.5. The summed E-state index contributed by atoms with van der Waals surface area (Å²) in [5.41, 5.74) is 0. The van der Waals surface area contributed by atoms with Crippen molar-refractivity contribution in [1.82, 2.24) is 0 Å². The maximum atomic E-state index is 2.30. The lowest BCUT2D eigenvalue weighted by molar-refractivity contribution is 0.407. The van der Waals surface area contributed by atoms with Crippen molar-refractivity contribution in [2.24, 2.45) is 11.8 Å². The van der Waals surface area contributed by atoms with Crippen LogP contribution in [0.2, 0.25) is 0 Å². The number of hydrogen-bond donors (Lipinski definition) is 0. The Morgan fingerprint density at radius 1 is 0.917 bits per heavy atom. The molecular formula is C12H28. The van der Waals surface area contributed by atoms with Crippen LogP contribution >= 0.6 is 0 Å². The van der Waals surface area contributed by atoms with E-state index < -0.39 is 0 Å². The van der Waals surface area contributed by atoms with Gasteiger partial charge in [0.15, 0.2) is 0 Å². The lowest BCUT2D eigenvalue weighted by atomic mass is 9.96. The summed E-state index contributed by atoms with van der Waals surface area (Å²) in [6.45, 7) is 13.1. The van der Waals surface area contributed by atoms with Gasteiger partial charge in [-0.25, -0.2) is 0 Å². The topological polar surface area (TPSA) is 0 Å². The monoisotopic (exact) mass is 172 g/mol. The Hall–Kier alpha value is 0. The molecule has 1 atom stereocenters. The summed E-state index contributed by atoms with van der Waals surface area (Å²) in [5.74, 6) is 1.77. The second-order valence-electron chi connectivity index (χ2n) is 3.69. The minimum atomic E-state index is 0.866. The molecule has 1 saturated carbocycles. The lowest BCUT2D eigenvalue weighted by Crippen LogP contribution is -2.00. The Kier molecular flexibility index (Phi) is 13.3. The minimum absolute atomic E-state index is 0.866. The first-order valence-corrected chi connectivity index (χ1v) is 5.68. The summed E-state index contributed by atoms with van der Waals surface area (Å²) < 4.78 is 0. The Morgan fingerprint density at radius 2 is 1.25 bits per heavy atom. The van der Waals surface area contributed by atoms with E-state index >= 15 is 0 Å². The van der Waals surface area contributed by atoms with Gasteiger partial charge in [0.05, 0.1) is 0 Å². The zero-order chi connectivity index (χ0) is 9.98.